The Bertz CT molecular complexity index is 316. The molecule has 0 amide bonds. The summed E-state index contributed by atoms with van der Waals surface area (Å²) in [6.07, 6.45) is 7.35. The Balaban J connectivity index is 1.67. The predicted molar refractivity (Wildman–Crippen MR) is 89.7 cm³/mol. The van der Waals surface area contributed by atoms with E-state index >= 15 is 0 Å². The first kappa shape index (κ1) is 17.2. The quantitative estimate of drug-likeness (QED) is 0.841. The van der Waals surface area contributed by atoms with Crippen molar-refractivity contribution in [3.8, 4) is 0 Å². The number of hydrogen-bond donors (Lipinski definition) is 1. The van der Waals surface area contributed by atoms with Gasteiger partial charge >= 0.3 is 0 Å². The molecular formula is C18H36N2O. The minimum Gasteiger partial charge on any atom is -0.372 e. The second kappa shape index (κ2) is 6.97. The standard InChI is InChI=1S/C18H36N2O/c1-6-18(5)9-11-20(12-10-18)14-16-8-7-15(21-16)13-19-17(2,3)4/h15-16,19H,6-14H2,1-5H3. The molecule has 0 saturated carbocycles. The largest absolute Gasteiger partial charge is 0.372 e. The predicted octanol–water partition coefficient (Wildman–Crippen LogP) is 3.43. The zero-order valence-electron chi connectivity index (χ0n) is 14.9. The SMILES string of the molecule is CCC1(C)CCN(CC2CCC(CNC(C)(C)C)O2)CC1. The van der Waals surface area contributed by atoms with Gasteiger partial charge in [-0.3, -0.25) is 0 Å². The van der Waals surface area contributed by atoms with E-state index in [0.29, 0.717) is 17.6 Å². The molecule has 2 heterocycles. The minimum absolute atomic E-state index is 0.193. The van der Waals surface area contributed by atoms with Gasteiger partial charge in [0.1, 0.15) is 0 Å². The van der Waals surface area contributed by atoms with E-state index in [-0.39, 0.29) is 5.54 Å². The van der Waals surface area contributed by atoms with Crippen molar-refractivity contribution in [2.45, 2.75) is 84.5 Å². The summed E-state index contributed by atoms with van der Waals surface area (Å²) in [5.41, 5.74) is 0.783. The maximum Gasteiger partial charge on any atom is 0.0707 e. The molecule has 0 aromatic heterocycles. The third-order valence-corrected chi connectivity index (χ3v) is 5.43. The van der Waals surface area contributed by atoms with Crippen molar-refractivity contribution in [3.63, 3.8) is 0 Å². The Kier molecular flexibility index (Phi) is 5.72. The van der Waals surface area contributed by atoms with Crippen LogP contribution in [0.3, 0.4) is 0 Å². The Labute approximate surface area is 131 Å². The third-order valence-electron chi connectivity index (χ3n) is 5.43. The highest BCUT2D eigenvalue weighted by molar-refractivity contribution is 4.85. The first-order valence-corrected chi connectivity index (χ1v) is 8.92. The number of ether oxygens (including phenoxy) is 1. The van der Waals surface area contributed by atoms with E-state index in [0.717, 1.165) is 13.1 Å². The van der Waals surface area contributed by atoms with Gasteiger partial charge in [0.2, 0.25) is 0 Å². The number of nitrogens with zero attached hydrogens (tertiary/aromatic N) is 1. The van der Waals surface area contributed by atoms with Gasteiger partial charge in [-0.1, -0.05) is 20.3 Å². The van der Waals surface area contributed by atoms with Crippen molar-refractivity contribution in [3.05, 3.63) is 0 Å². The van der Waals surface area contributed by atoms with Crippen LogP contribution in [0.2, 0.25) is 0 Å². The van der Waals surface area contributed by atoms with Crippen LogP contribution in [-0.4, -0.2) is 48.8 Å². The maximum absolute atomic E-state index is 6.23. The molecule has 2 aliphatic rings. The Morgan fingerprint density at radius 2 is 1.76 bits per heavy atom. The Hall–Kier alpha value is -0.120. The summed E-state index contributed by atoms with van der Waals surface area (Å²) in [5, 5.41) is 3.57. The van der Waals surface area contributed by atoms with Gasteiger partial charge in [-0.25, -0.2) is 0 Å². The van der Waals surface area contributed by atoms with Crippen molar-refractivity contribution in [2.24, 2.45) is 5.41 Å². The van der Waals surface area contributed by atoms with Crippen LogP contribution in [0.25, 0.3) is 0 Å². The maximum atomic E-state index is 6.23. The first-order chi connectivity index (χ1) is 9.80. The van der Waals surface area contributed by atoms with E-state index in [2.05, 4.69) is 44.8 Å². The summed E-state index contributed by atoms with van der Waals surface area (Å²) in [7, 11) is 0. The Morgan fingerprint density at radius 3 is 2.33 bits per heavy atom. The highest BCUT2D eigenvalue weighted by Crippen LogP contribution is 2.34. The number of hydrogen-bond acceptors (Lipinski definition) is 3. The summed E-state index contributed by atoms with van der Waals surface area (Å²) in [5.74, 6) is 0. The lowest BCUT2D eigenvalue weighted by Gasteiger charge is -2.39. The lowest BCUT2D eigenvalue weighted by atomic mass is 9.78. The van der Waals surface area contributed by atoms with Crippen LogP contribution in [0.1, 0.15) is 66.7 Å². The smallest absolute Gasteiger partial charge is 0.0707 e. The van der Waals surface area contributed by atoms with Gasteiger partial charge in [0.05, 0.1) is 12.2 Å². The van der Waals surface area contributed by atoms with E-state index in [1.54, 1.807) is 0 Å². The highest BCUT2D eigenvalue weighted by Gasteiger charge is 2.32. The van der Waals surface area contributed by atoms with Gasteiger partial charge in [0.25, 0.3) is 0 Å². The molecule has 21 heavy (non-hydrogen) atoms. The van der Waals surface area contributed by atoms with Crippen molar-refractivity contribution >= 4 is 0 Å². The van der Waals surface area contributed by atoms with Crippen LogP contribution >= 0.6 is 0 Å². The van der Waals surface area contributed by atoms with Crippen molar-refractivity contribution < 1.29 is 4.74 Å². The van der Waals surface area contributed by atoms with E-state index in [1.807, 2.05) is 0 Å². The van der Waals surface area contributed by atoms with Gasteiger partial charge in [0.15, 0.2) is 0 Å². The molecule has 3 nitrogen and oxygen atoms in total. The second-order valence-corrected chi connectivity index (χ2v) is 8.55. The zero-order valence-corrected chi connectivity index (χ0v) is 14.9. The van der Waals surface area contributed by atoms with Crippen LogP contribution in [0.5, 0.6) is 0 Å². The number of rotatable bonds is 5. The molecule has 2 rings (SSSR count). The lowest BCUT2D eigenvalue weighted by molar-refractivity contribution is 0.00740. The number of piperidine rings is 1. The van der Waals surface area contributed by atoms with Gasteiger partial charge in [0, 0.05) is 18.6 Å². The average Bonchev–Trinajstić information content (AvgIpc) is 2.86. The number of nitrogens with one attached hydrogen (secondary N) is 1. The summed E-state index contributed by atoms with van der Waals surface area (Å²) >= 11 is 0. The summed E-state index contributed by atoms with van der Waals surface area (Å²) < 4.78 is 6.23. The molecule has 2 unspecified atom stereocenters. The van der Waals surface area contributed by atoms with Gasteiger partial charge in [-0.15, -0.1) is 0 Å². The van der Waals surface area contributed by atoms with Crippen molar-refractivity contribution in [1.29, 1.82) is 0 Å². The average molecular weight is 296 g/mol. The molecule has 0 spiro atoms. The lowest BCUT2D eigenvalue weighted by Crippen LogP contribution is -2.43. The molecule has 1 N–H and O–H groups in total. The fourth-order valence-electron chi connectivity index (χ4n) is 3.40. The van der Waals surface area contributed by atoms with E-state index in [4.69, 9.17) is 4.74 Å². The van der Waals surface area contributed by atoms with Crippen LogP contribution in [0.15, 0.2) is 0 Å². The van der Waals surface area contributed by atoms with Gasteiger partial charge in [-0.2, -0.15) is 0 Å². The summed E-state index contributed by atoms with van der Waals surface area (Å²) in [6, 6.07) is 0. The van der Waals surface area contributed by atoms with E-state index in [9.17, 15) is 0 Å². The molecule has 3 heteroatoms. The van der Waals surface area contributed by atoms with E-state index in [1.165, 1.54) is 45.2 Å². The molecule has 0 aliphatic carbocycles. The second-order valence-electron chi connectivity index (χ2n) is 8.55. The first-order valence-electron chi connectivity index (χ1n) is 8.92. The summed E-state index contributed by atoms with van der Waals surface area (Å²) in [6.45, 7) is 16.1. The van der Waals surface area contributed by atoms with Crippen LogP contribution in [0.4, 0.5) is 0 Å². The molecule has 2 aliphatic heterocycles. The van der Waals surface area contributed by atoms with Crippen LogP contribution in [-0.2, 0) is 4.74 Å². The highest BCUT2D eigenvalue weighted by atomic mass is 16.5. The molecule has 0 bridgehead atoms. The molecule has 0 aromatic carbocycles. The molecule has 2 saturated heterocycles. The summed E-state index contributed by atoms with van der Waals surface area (Å²) in [4.78, 5) is 2.63. The third kappa shape index (κ3) is 5.54. The number of likely N-dealkylation sites (tertiary alicyclic amines) is 1. The monoisotopic (exact) mass is 296 g/mol. The van der Waals surface area contributed by atoms with Crippen molar-refractivity contribution in [1.82, 2.24) is 10.2 Å². The topological polar surface area (TPSA) is 24.5 Å². The molecule has 2 fully saturated rings. The van der Waals surface area contributed by atoms with E-state index < -0.39 is 0 Å². The fourth-order valence-corrected chi connectivity index (χ4v) is 3.40. The molecule has 0 aromatic rings. The minimum atomic E-state index is 0.193. The molecule has 2 atom stereocenters. The zero-order chi connectivity index (χ0) is 15.5. The van der Waals surface area contributed by atoms with Crippen molar-refractivity contribution in [2.75, 3.05) is 26.2 Å². The fraction of sp³-hybridized carbons (Fsp3) is 1.00. The molecular weight excluding hydrogens is 260 g/mol. The van der Waals surface area contributed by atoms with Gasteiger partial charge < -0.3 is 15.0 Å². The molecule has 0 radical (unpaired) electrons. The van der Waals surface area contributed by atoms with Crippen LogP contribution < -0.4 is 5.32 Å². The molecule has 124 valence electrons. The van der Waals surface area contributed by atoms with Crippen LogP contribution in [0, 0.1) is 5.41 Å². The Morgan fingerprint density at radius 1 is 1.14 bits per heavy atom. The van der Waals surface area contributed by atoms with Gasteiger partial charge in [-0.05, 0) is 65.0 Å². The normalized spacial score (nSPS) is 30.7.